The number of rotatable bonds is 4. The molecule has 0 unspecified atom stereocenters. The van der Waals surface area contributed by atoms with Crippen molar-refractivity contribution in [2.24, 2.45) is 0 Å². The number of carbonyl (C=O) groups is 1. The van der Waals surface area contributed by atoms with E-state index in [1.807, 2.05) is 30.3 Å². The first kappa shape index (κ1) is 20.2. The Balaban J connectivity index is 1.55. The highest BCUT2D eigenvalue weighted by molar-refractivity contribution is 6.30. The predicted octanol–water partition coefficient (Wildman–Crippen LogP) is 4.59. The van der Waals surface area contributed by atoms with Gasteiger partial charge in [0, 0.05) is 42.2 Å². The summed E-state index contributed by atoms with van der Waals surface area (Å²) < 4.78 is 10.5. The van der Waals surface area contributed by atoms with E-state index in [1.165, 1.54) is 18.2 Å². The Morgan fingerprint density at radius 2 is 2.00 bits per heavy atom. The van der Waals surface area contributed by atoms with Crippen molar-refractivity contribution in [3.05, 3.63) is 75.8 Å². The van der Waals surface area contributed by atoms with Gasteiger partial charge in [-0.15, -0.1) is 0 Å². The molecule has 5 rings (SSSR count). The molecular weight excluding hydrogens is 412 g/mol. The van der Waals surface area contributed by atoms with Crippen LogP contribution in [-0.2, 0) is 22.4 Å². The van der Waals surface area contributed by atoms with E-state index in [1.54, 1.807) is 0 Å². The van der Waals surface area contributed by atoms with E-state index in [-0.39, 0.29) is 5.97 Å². The molecule has 1 saturated heterocycles. The molecule has 0 spiro atoms. The van der Waals surface area contributed by atoms with Gasteiger partial charge in [0.25, 0.3) is 0 Å². The Labute approximate surface area is 186 Å². The third-order valence-electron chi connectivity index (χ3n) is 5.95. The molecule has 0 bridgehead atoms. The molecule has 1 aliphatic heterocycles. The molecule has 0 amide bonds. The number of aromatic nitrogens is 1. The molecule has 2 aliphatic rings. The molecule has 0 atom stereocenters. The van der Waals surface area contributed by atoms with Gasteiger partial charge >= 0.3 is 5.97 Å². The minimum absolute atomic E-state index is 0.344. The fourth-order valence-corrected chi connectivity index (χ4v) is 4.58. The maximum absolute atomic E-state index is 12.6. The van der Waals surface area contributed by atoms with Crippen LogP contribution < -0.4 is 0 Å². The summed E-state index contributed by atoms with van der Waals surface area (Å²) in [6.07, 6.45) is 0.675. The van der Waals surface area contributed by atoms with Gasteiger partial charge in [0.05, 0.1) is 37.3 Å². The van der Waals surface area contributed by atoms with E-state index >= 15 is 0 Å². The van der Waals surface area contributed by atoms with Gasteiger partial charge in [-0.05, 0) is 34.9 Å². The molecule has 1 aliphatic carbocycles. The van der Waals surface area contributed by atoms with Gasteiger partial charge in [0.15, 0.2) is 0 Å². The second-order valence-corrected chi connectivity index (χ2v) is 8.38. The maximum Gasteiger partial charge on any atom is 0.338 e. The van der Waals surface area contributed by atoms with Crippen molar-refractivity contribution in [2.45, 2.75) is 13.0 Å². The lowest BCUT2D eigenvalue weighted by atomic mass is 10.0. The minimum atomic E-state index is -0.344. The summed E-state index contributed by atoms with van der Waals surface area (Å²) in [6.45, 7) is 4.38. The number of carbonyl (C=O) groups excluding carboxylic acids is 1. The zero-order valence-corrected chi connectivity index (χ0v) is 18.1. The average molecular weight is 435 g/mol. The zero-order chi connectivity index (χ0) is 21.4. The van der Waals surface area contributed by atoms with Crippen molar-refractivity contribution in [2.75, 3.05) is 33.4 Å². The number of benzene rings is 2. The molecule has 158 valence electrons. The van der Waals surface area contributed by atoms with Crippen LogP contribution in [0.3, 0.4) is 0 Å². The van der Waals surface area contributed by atoms with Crippen molar-refractivity contribution >= 4 is 17.6 Å². The van der Waals surface area contributed by atoms with Gasteiger partial charge in [-0.3, -0.25) is 4.90 Å². The third-order valence-corrected chi connectivity index (χ3v) is 6.19. The number of hydrogen-bond acceptors (Lipinski definition) is 5. The summed E-state index contributed by atoms with van der Waals surface area (Å²) in [7, 11) is 1.41. The topological polar surface area (TPSA) is 51.7 Å². The molecule has 6 heteroatoms. The van der Waals surface area contributed by atoms with Crippen molar-refractivity contribution in [3.63, 3.8) is 0 Å². The molecule has 3 aromatic rings. The number of halogens is 1. The highest BCUT2D eigenvalue weighted by Crippen LogP contribution is 2.40. The number of pyridine rings is 1. The number of ether oxygens (including phenoxy) is 2. The molecule has 1 aromatic heterocycles. The van der Waals surface area contributed by atoms with Crippen molar-refractivity contribution in [1.82, 2.24) is 9.88 Å². The Morgan fingerprint density at radius 1 is 1.16 bits per heavy atom. The number of methoxy groups -OCH3 is 1. The van der Waals surface area contributed by atoms with Gasteiger partial charge in [0.1, 0.15) is 0 Å². The first-order valence-corrected chi connectivity index (χ1v) is 10.8. The van der Waals surface area contributed by atoms with Crippen molar-refractivity contribution in [3.8, 4) is 22.5 Å². The molecule has 0 radical (unpaired) electrons. The van der Waals surface area contributed by atoms with E-state index in [0.29, 0.717) is 22.7 Å². The standard InChI is InChI=1S/C25H23ClN2O3/c1-30-25(29)22-14-23(17-3-2-4-19(26)12-17)27-24-20-6-5-16(11-18(20)13-21(22)24)15-28-7-9-31-10-8-28/h2-6,11-12,14H,7-10,13,15H2,1H3. The zero-order valence-electron chi connectivity index (χ0n) is 17.4. The summed E-state index contributed by atoms with van der Waals surface area (Å²) >= 11 is 6.19. The fourth-order valence-electron chi connectivity index (χ4n) is 4.39. The van der Waals surface area contributed by atoms with Gasteiger partial charge in [-0.1, -0.05) is 41.9 Å². The smallest absolute Gasteiger partial charge is 0.338 e. The second-order valence-electron chi connectivity index (χ2n) is 7.94. The van der Waals surface area contributed by atoms with E-state index in [0.717, 1.165) is 55.2 Å². The first-order chi connectivity index (χ1) is 15.1. The van der Waals surface area contributed by atoms with Crippen LogP contribution in [0.25, 0.3) is 22.5 Å². The second kappa shape index (κ2) is 8.42. The van der Waals surface area contributed by atoms with Crippen LogP contribution in [0.5, 0.6) is 0 Å². The molecule has 2 heterocycles. The van der Waals surface area contributed by atoms with Gasteiger partial charge in [-0.2, -0.15) is 0 Å². The molecule has 5 nitrogen and oxygen atoms in total. The van der Waals surface area contributed by atoms with Crippen LogP contribution in [-0.4, -0.2) is 49.3 Å². The predicted molar refractivity (Wildman–Crippen MR) is 120 cm³/mol. The molecule has 31 heavy (non-hydrogen) atoms. The Hall–Kier alpha value is -2.73. The minimum Gasteiger partial charge on any atom is -0.465 e. The fraction of sp³-hybridized carbons (Fsp3) is 0.280. The van der Waals surface area contributed by atoms with Crippen LogP contribution in [0.4, 0.5) is 0 Å². The average Bonchev–Trinajstić information content (AvgIpc) is 3.16. The van der Waals surface area contributed by atoms with Crippen LogP contribution in [0.15, 0.2) is 48.5 Å². The number of fused-ring (bicyclic) bond motifs is 3. The number of esters is 1. The number of nitrogens with zero attached hydrogens (tertiary/aromatic N) is 2. The van der Waals surface area contributed by atoms with Crippen molar-refractivity contribution in [1.29, 1.82) is 0 Å². The third kappa shape index (κ3) is 3.97. The summed E-state index contributed by atoms with van der Waals surface area (Å²) in [5.74, 6) is -0.344. The Kier molecular flexibility index (Phi) is 5.48. The summed E-state index contributed by atoms with van der Waals surface area (Å²) in [5, 5.41) is 0.632. The lowest BCUT2D eigenvalue weighted by Gasteiger charge is -2.26. The van der Waals surface area contributed by atoms with Crippen LogP contribution >= 0.6 is 11.6 Å². The van der Waals surface area contributed by atoms with Crippen LogP contribution in [0, 0.1) is 0 Å². The SMILES string of the molecule is COC(=O)c1cc(-c2cccc(Cl)c2)nc2c1Cc1cc(CN3CCOCC3)ccc1-2. The lowest BCUT2D eigenvalue weighted by Crippen LogP contribution is -2.35. The summed E-state index contributed by atoms with van der Waals surface area (Å²) in [5.41, 5.74) is 7.47. The quantitative estimate of drug-likeness (QED) is 0.440. The van der Waals surface area contributed by atoms with Crippen molar-refractivity contribution < 1.29 is 14.3 Å². The van der Waals surface area contributed by atoms with Gasteiger partial charge in [0.2, 0.25) is 0 Å². The van der Waals surface area contributed by atoms with Gasteiger partial charge in [-0.25, -0.2) is 9.78 Å². The first-order valence-electron chi connectivity index (χ1n) is 10.4. The van der Waals surface area contributed by atoms with E-state index in [2.05, 4.69) is 23.1 Å². The highest BCUT2D eigenvalue weighted by atomic mass is 35.5. The van der Waals surface area contributed by atoms with Crippen LogP contribution in [0.1, 0.15) is 27.0 Å². The van der Waals surface area contributed by atoms with E-state index < -0.39 is 0 Å². The Morgan fingerprint density at radius 3 is 2.77 bits per heavy atom. The summed E-state index contributed by atoms with van der Waals surface area (Å²) in [6, 6.07) is 15.9. The molecule has 2 aromatic carbocycles. The van der Waals surface area contributed by atoms with E-state index in [4.69, 9.17) is 26.1 Å². The maximum atomic E-state index is 12.6. The molecule has 0 saturated carbocycles. The molecule has 0 N–H and O–H groups in total. The molecule has 1 fully saturated rings. The normalized spacial score (nSPS) is 15.4. The number of morpholine rings is 1. The van der Waals surface area contributed by atoms with Gasteiger partial charge < -0.3 is 9.47 Å². The molecular formula is C25H23ClN2O3. The lowest BCUT2D eigenvalue weighted by molar-refractivity contribution is 0.0342. The van der Waals surface area contributed by atoms with E-state index in [9.17, 15) is 4.79 Å². The monoisotopic (exact) mass is 434 g/mol. The Bertz CT molecular complexity index is 1160. The highest BCUT2D eigenvalue weighted by Gasteiger charge is 2.27. The number of hydrogen-bond donors (Lipinski definition) is 0. The summed E-state index contributed by atoms with van der Waals surface area (Å²) in [4.78, 5) is 20.0. The largest absolute Gasteiger partial charge is 0.465 e. The van der Waals surface area contributed by atoms with Crippen LogP contribution in [0.2, 0.25) is 5.02 Å².